The second kappa shape index (κ2) is 7.77. The van der Waals surface area contributed by atoms with E-state index in [0.29, 0.717) is 28.9 Å². The number of benzene rings is 1. The van der Waals surface area contributed by atoms with Crippen LogP contribution in [0.5, 0.6) is 0 Å². The number of hydrogen-bond acceptors (Lipinski definition) is 5. The first-order valence-corrected chi connectivity index (χ1v) is 11.3. The standard InChI is InChI=1S/C24H28N2O5/c27-20(31-8-7-26-21(28)18-3-1-2-4-19(18)22(26)29)5-6-25-23(30)24-12-15-9-16(13-24)11-17(10-15)14-24/h1-4,15-17H,5-14H2,(H,25,30). The third-order valence-electron chi connectivity index (χ3n) is 7.59. The molecular weight excluding hydrogens is 396 g/mol. The van der Waals surface area contributed by atoms with E-state index in [1.807, 2.05) is 0 Å². The molecule has 31 heavy (non-hydrogen) atoms. The predicted octanol–water partition coefficient (Wildman–Crippen LogP) is 2.55. The van der Waals surface area contributed by atoms with Crippen molar-refractivity contribution >= 4 is 23.7 Å². The van der Waals surface area contributed by atoms with Crippen molar-refractivity contribution in [3.05, 3.63) is 35.4 Å². The summed E-state index contributed by atoms with van der Waals surface area (Å²) in [6, 6.07) is 6.67. The fourth-order valence-electron chi connectivity index (χ4n) is 6.62. The van der Waals surface area contributed by atoms with E-state index in [2.05, 4.69) is 5.32 Å². The Kier molecular flexibility index (Phi) is 5.07. The highest BCUT2D eigenvalue weighted by Crippen LogP contribution is 2.60. The lowest BCUT2D eigenvalue weighted by molar-refractivity contribution is -0.147. The summed E-state index contributed by atoms with van der Waals surface area (Å²) >= 11 is 0. The van der Waals surface area contributed by atoms with E-state index in [1.54, 1.807) is 24.3 Å². The van der Waals surface area contributed by atoms with E-state index < -0.39 is 5.97 Å². The summed E-state index contributed by atoms with van der Waals surface area (Å²) in [7, 11) is 0. The third-order valence-corrected chi connectivity index (χ3v) is 7.59. The maximum Gasteiger partial charge on any atom is 0.307 e. The van der Waals surface area contributed by atoms with Crippen LogP contribution in [0, 0.1) is 23.2 Å². The van der Waals surface area contributed by atoms with Crippen molar-refractivity contribution in [2.24, 2.45) is 23.2 Å². The van der Waals surface area contributed by atoms with Crippen LogP contribution in [0.4, 0.5) is 0 Å². The van der Waals surface area contributed by atoms with Gasteiger partial charge in [-0.15, -0.1) is 0 Å². The fourth-order valence-corrected chi connectivity index (χ4v) is 6.62. The molecule has 1 aromatic rings. The zero-order chi connectivity index (χ0) is 21.6. The number of nitrogens with zero attached hydrogens (tertiary/aromatic N) is 1. The van der Waals surface area contributed by atoms with Crippen LogP contribution in [0.1, 0.15) is 65.7 Å². The molecule has 3 amide bonds. The Morgan fingerprint density at radius 2 is 1.52 bits per heavy atom. The Morgan fingerprint density at radius 3 is 2.06 bits per heavy atom. The first kappa shape index (κ1) is 20.2. The highest BCUT2D eigenvalue weighted by Gasteiger charge is 2.54. The SMILES string of the molecule is O=C(CCNC(=O)C12CC3CC(CC(C3)C1)C2)OCCN1C(=O)c2ccccc2C1=O. The van der Waals surface area contributed by atoms with E-state index >= 15 is 0 Å². The van der Waals surface area contributed by atoms with Crippen LogP contribution in [-0.2, 0) is 14.3 Å². The quantitative estimate of drug-likeness (QED) is 0.536. The van der Waals surface area contributed by atoms with Gasteiger partial charge in [0.2, 0.25) is 5.91 Å². The summed E-state index contributed by atoms with van der Waals surface area (Å²) in [5.41, 5.74) is 0.543. The lowest BCUT2D eigenvalue weighted by Crippen LogP contribution is -2.53. The number of amides is 3. The average Bonchev–Trinajstić information content (AvgIpc) is 2.98. The zero-order valence-corrected chi connectivity index (χ0v) is 17.6. The van der Waals surface area contributed by atoms with Crippen LogP contribution < -0.4 is 5.32 Å². The molecule has 4 fully saturated rings. The lowest BCUT2D eigenvalue weighted by Gasteiger charge is -2.55. The van der Waals surface area contributed by atoms with Crippen molar-refractivity contribution in [3.63, 3.8) is 0 Å². The van der Waals surface area contributed by atoms with Gasteiger partial charge in [-0.1, -0.05) is 12.1 Å². The number of esters is 1. The smallest absolute Gasteiger partial charge is 0.307 e. The van der Waals surface area contributed by atoms with Crippen LogP contribution in [0.2, 0.25) is 0 Å². The number of hydrogen-bond donors (Lipinski definition) is 1. The van der Waals surface area contributed by atoms with Crippen molar-refractivity contribution in [1.82, 2.24) is 10.2 Å². The first-order chi connectivity index (χ1) is 14.9. The minimum Gasteiger partial charge on any atom is -0.464 e. The summed E-state index contributed by atoms with van der Waals surface area (Å²) in [6.45, 7) is 0.234. The maximum absolute atomic E-state index is 12.9. The molecular formula is C24H28N2O5. The molecule has 4 bridgehead atoms. The molecule has 5 aliphatic rings. The summed E-state index contributed by atoms with van der Waals surface area (Å²) in [6.07, 6.45) is 6.92. The molecule has 0 atom stereocenters. The lowest BCUT2D eigenvalue weighted by atomic mass is 9.49. The Morgan fingerprint density at radius 1 is 0.968 bits per heavy atom. The van der Waals surface area contributed by atoms with Gasteiger partial charge in [-0.25, -0.2) is 0 Å². The molecule has 4 saturated carbocycles. The van der Waals surface area contributed by atoms with E-state index in [-0.39, 0.29) is 49.3 Å². The molecule has 1 aliphatic heterocycles. The van der Waals surface area contributed by atoms with Crippen molar-refractivity contribution in [3.8, 4) is 0 Å². The molecule has 1 N–H and O–H groups in total. The van der Waals surface area contributed by atoms with Crippen LogP contribution in [-0.4, -0.2) is 48.3 Å². The minimum absolute atomic E-state index is 0.0255. The Balaban J connectivity index is 1.05. The van der Waals surface area contributed by atoms with Gasteiger partial charge in [-0.3, -0.25) is 24.1 Å². The van der Waals surface area contributed by atoms with Crippen LogP contribution in [0.25, 0.3) is 0 Å². The summed E-state index contributed by atoms with van der Waals surface area (Å²) in [4.78, 5) is 50.7. The second-order valence-electron chi connectivity index (χ2n) is 9.73. The highest BCUT2D eigenvalue weighted by atomic mass is 16.5. The number of nitrogens with one attached hydrogen (secondary N) is 1. The first-order valence-electron chi connectivity index (χ1n) is 11.3. The predicted molar refractivity (Wildman–Crippen MR) is 111 cm³/mol. The maximum atomic E-state index is 12.9. The Hall–Kier alpha value is -2.70. The molecule has 7 heteroatoms. The molecule has 0 unspecified atom stereocenters. The molecule has 1 aromatic carbocycles. The molecule has 6 rings (SSSR count). The molecule has 0 saturated heterocycles. The molecule has 0 radical (unpaired) electrons. The van der Waals surface area contributed by atoms with Gasteiger partial charge in [0, 0.05) is 12.0 Å². The largest absolute Gasteiger partial charge is 0.464 e. The van der Waals surface area contributed by atoms with Crippen LogP contribution in [0.3, 0.4) is 0 Å². The molecule has 0 spiro atoms. The van der Waals surface area contributed by atoms with Gasteiger partial charge in [-0.05, 0) is 68.4 Å². The number of ether oxygens (including phenoxy) is 1. The van der Waals surface area contributed by atoms with Crippen LogP contribution in [0.15, 0.2) is 24.3 Å². The van der Waals surface area contributed by atoms with Crippen molar-refractivity contribution < 1.29 is 23.9 Å². The van der Waals surface area contributed by atoms with Gasteiger partial charge in [0.1, 0.15) is 6.61 Å². The summed E-state index contributed by atoms with van der Waals surface area (Å²) in [5, 5.41) is 2.97. The number of carbonyl (C=O) groups excluding carboxylic acids is 4. The van der Waals surface area contributed by atoms with E-state index in [4.69, 9.17) is 4.74 Å². The molecule has 1 heterocycles. The van der Waals surface area contributed by atoms with Gasteiger partial charge in [0.15, 0.2) is 0 Å². The van der Waals surface area contributed by atoms with Gasteiger partial charge >= 0.3 is 5.97 Å². The van der Waals surface area contributed by atoms with Gasteiger partial charge in [-0.2, -0.15) is 0 Å². The topological polar surface area (TPSA) is 92.8 Å². The number of imide groups is 1. The highest BCUT2D eigenvalue weighted by molar-refractivity contribution is 6.21. The average molecular weight is 424 g/mol. The Labute approximate surface area is 181 Å². The van der Waals surface area contributed by atoms with Crippen molar-refractivity contribution in [2.75, 3.05) is 19.7 Å². The number of fused-ring (bicyclic) bond motifs is 1. The minimum atomic E-state index is -0.442. The summed E-state index contributed by atoms with van der Waals surface area (Å²) in [5.74, 6) is 1.03. The monoisotopic (exact) mass is 424 g/mol. The second-order valence-corrected chi connectivity index (χ2v) is 9.73. The summed E-state index contributed by atoms with van der Waals surface area (Å²) < 4.78 is 5.19. The van der Waals surface area contributed by atoms with Crippen molar-refractivity contribution in [1.29, 1.82) is 0 Å². The fraction of sp³-hybridized carbons (Fsp3) is 0.583. The van der Waals surface area contributed by atoms with E-state index in [9.17, 15) is 19.2 Å². The van der Waals surface area contributed by atoms with E-state index in [1.165, 1.54) is 19.3 Å². The van der Waals surface area contributed by atoms with Gasteiger partial charge in [0.05, 0.1) is 24.1 Å². The van der Waals surface area contributed by atoms with Gasteiger partial charge in [0.25, 0.3) is 11.8 Å². The molecule has 4 aliphatic carbocycles. The van der Waals surface area contributed by atoms with E-state index in [0.717, 1.165) is 24.2 Å². The molecule has 7 nitrogen and oxygen atoms in total. The molecule has 0 aromatic heterocycles. The van der Waals surface area contributed by atoms with Crippen LogP contribution >= 0.6 is 0 Å². The number of carbonyl (C=O) groups is 4. The van der Waals surface area contributed by atoms with Crippen molar-refractivity contribution in [2.45, 2.75) is 44.9 Å². The Bertz CT molecular complexity index is 869. The molecule has 164 valence electrons. The third kappa shape index (κ3) is 3.64. The van der Waals surface area contributed by atoms with Gasteiger partial charge < -0.3 is 10.1 Å². The zero-order valence-electron chi connectivity index (χ0n) is 17.6. The normalized spacial score (nSPS) is 30.5. The number of rotatable bonds is 7.